The van der Waals surface area contributed by atoms with E-state index >= 15 is 0 Å². The van der Waals surface area contributed by atoms with Crippen LogP contribution in [0.1, 0.15) is 0 Å². The van der Waals surface area contributed by atoms with Gasteiger partial charge in [-0.05, 0) is 169 Å². The molecule has 278 valence electrons. The summed E-state index contributed by atoms with van der Waals surface area (Å²) in [6.45, 7) is 0. The zero-order chi connectivity index (χ0) is 39.6. The lowest BCUT2D eigenvalue weighted by molar-refractivity contribution is 1.61. The van der Waals surface area contributed by atoms with Gasteiger partial charge in [0.2, 0.25) is 0 Å². The van der Waals surface area contributed by atoms with Gasteiger partial charge in [-0.15, -0.1) is 0 Å². The minimum Gasteiger partial charge on any atom is -0.0616 e. The Morgan fingerprint density at radius 2 is 0.367 bits per heavy atom. The quantitative estimate of drug-likeness (QED) is 0.153. The molecule has 0 saturated carbocycles. The highest BCUT2D eigenvalue weighted by atomic mass is 14.1. The van der Waals surface area contributed by atoms with Crippen LogP contribution >= 0.6 is 0 Å². The maximum atomic E-state index is 2.34. The minimum atomic E-state index is 1.23. The van der Waals surface area contributed by atoms with Crippen molar-refractivity contribution >= 4 is 64.6 Å². The Morgan fingerprint density at radius 3 is 0.683 bits per heavy atom. The molecule has 12 aromatic carbocycles. The van der Waals surface area contributed by atoms with E-state index in [1.165, 1.54) is 120 Å². The zero-order valence-corrected chi connectivity index (χ0v) is 32.9. The summed E-state index contributed by atoms with van der Waals surface area (Å²) in [4.78, 5) is 0. The third-order valence-electron chi connectivity index (χ3n) is 12.6. The van der Waals surface area contributed by atoms with Crippen LogP contribution in [0.2, 0.25) is 0 Å². The molecule has 0 aliphatic rings. The Bertz CT molecular complexity index is 3420. The van der Waals surface area contributed by atoms with E-state index in [4.69, 9.17) is 0 Å². The summed E-state index contributed by atoms with van der Waals surface area (Å²) < 4.78 is 0. The SMILES string of the molecule is c1cc(-c2ccc3ccccc3c2)cc(-c2ccc3c(ccc4cc(-c5ccc6c(ccc7cc(-c8cccc(-c9ccc%10ccccc%10c9)c8)ccc76)c5)ccc43)c2)c1. The Balaban J connectivity index is 0.828. The van der Waals surface area contributed by atoms with Crippen LogP contribution < -0.4 is 0 Å². The summed E-state index contributed by atoms with van der Waals surface area (Å²) in [5.74, 6) is 0. The van der Waals surface area contributed by atoms with Gasteiger partial charge < -0.3 is 0 Å². The summed E-state index contributed by atoms with van der Waals surface area (Å²) in [6.07, 6.45) is 0. The van der Waals surface area contributed by atoms with Crippen LogP contribution in [0.15, 0.2) is 231 Å². The molecule has 0 nitrogen and oxygen atoms in total. The van der Waals surface area contributed by atoms with E-state index in [0.29, 0.717) is 0 Å². The van der Waals surface area contributed by atoms with E-state index in [-0.39, 0.29) is 0 Å². The molecule has 60 heavy (non-hydrogen) atoms. The lowest BCUT2D eigenvalue weighted by Gasteiger charge is -2.12. The molecular formula is C60H38. The lowest BCUT2D eigenvalue weighted by atomic mass is 9.92. The van der Waals surface area contributed by atoms with Gasteiger partial charge in [0.1, 0.15) is 0 Å². The summed E-state index contributed by atoms with van der Waals surface area (Å²) in [5, 5.41) is 15.2. The molecule has 0 fully saturated rings. The van der Waals surface area contributed by atoms with E-state index in [2.05, 4.69) is 231 Å². The molecule has 0 spiro atoms. The maximum Gasteiger partial charge on any atom is -0.0105 e. The second kappa shape index (κ2) is 13.9. The van der Waals surface area contributed by atoms with Crippen molar-refractivity contribution in [2.75, 3.05) is 0 Å². The van der Waals surface area contributed by atoms with Gasteiger partial charge in [0.15, 0.2) is 0 Å². The molecule has 0 amide bonds. The fraction of sp³-hybridized carbons (Fsp3) is 0. The number of rotatable bonds is 5. The molecule has 0 unspecified atom stereocenters. The summed E-state index contributed by atoms with van der Waals surface area (Å²) in [7, 11) is 0. The third-order valence-corrected chi connectivity index (χ3v) is 12.6. The van der Waals surface area contributed by atoms with Crippen molar-refractivity contribution in [3.63, 3.8) is 0 Å². The molecule has 0 N–H and O–H groups in total. The van der Waals surface area contributed by atoms with Crippen LogP contribution in [-0.4, -0.2) is 0 Å². The van der Waals surface area contributed by atoms with Gasteiger partial charge in [-0.2, -0.15) is 0 Å². The van der Waals surface area contributed by atoms with Crippen molar-refractivity contribution in [2.45, 2.75) is 0 Å². The fourth-order valence-corrected chi connectivity index (χ4v) is 9.36. The summed E-state index contributed by atoms with van der Waals surface area (Å²) >= 11 is 0. The molecule has 0 heterocycles. The Kier molecular flexibility index (Phi) is 7.96. The van der Waals surface area contributed by atoms with Gasteiger partial charge in [-0.25, -0.2) is 0 Å². The molecule has 0 bridgehead atoms. The molecule has 0 atom stereocenters. The second-order valence-corrected chi connectivity index (χ2v) is 16.2. The maximum absolute atomic E-state index is 2.34. The van der Waals surface area contributed by atoms with Crippen molar-refractivity contribution in [1.82, 2.24) is 0 Å². The third kappa shape index (κ3) is 6.01. The topological polar surface area (TPSA) is 0 Å². The first-order valence-electron chi connectivity index (χ1n) is 20.8. The van der Waals surface area contributed by atoms with Gasteiger partial charge >= 0.3 is 0 Å². The number of fused-ring (bicyclic) bond motifs is 8. The number of benzene rings is 12. The first kappa shape index (κ1) is 34.3. The van der Waals surface area contributed by atoms with Gasteiger partial charge in [-0.3, -0.25) is 0 Å². The van der Waals surface area contributed by atoms with E-state index in [9.17, 15) is 0 Å². The highest BCUT2D eigenvalue weighted by Gasteiger charge is 2.11. The van der Waals surface area contributed by atoms with Crippen molar-refractivity contribution in [3.8, 4) is 55.6 Å². The monoisotopic (exact) mass is 758 g/mol. The number of hydrogen-bond acceptors (Lipinski definition) is 0. The first-order valence-corrected chi connectivity index (χ1v) is 20.8. The van der Waals surface area contributed by atoms with Crippen LogP contribution in [0.5, 0.6) is 0 Å². The average Bonchev–Trinajstić information content (AvgIpc) is 3.33. The summed E-state index contributed by atoms with van der Waals surface area (Å²) in [5.41, 5.74) is 12.3. The lowest BCUT2D eigenvalue weighted by Crippen LogP contribution is -1.85. The van der Waals surface area contributed by atoms with Crippen molar-refractivity contribution in [3.05, 3.63) is 231 Å². The van der Waals surface area contributed by atoms with Crippen molar-refractivity contribution < 1.29 is 0 Å². The highest BCUT2D eigenvalue weighted by molar-refractivity contribution is 6.11. The van der Waals surface area contributed by atoms with Gasteiger partial charge in [0.25, 0.3) is 0 Å². The molecule has 12 rings (SSSR count). The molecular weight excluding hydrogens is 721 g/mol. The van der Waals surface area contributed by atoms with E-state index in [1.54, 1.807) is 0 Å². The molecule has 0 aromatic heterocycles. The van der Waals surface area contributed by atoms with Gasteiger partial charge in [-0.1, -0.05) is 182 Å². The predicted molar refractivity (Wildman–Crippen MR) is 259 cm³/mol. The standard InChI is InChI=1S/C60H38/c1-3-9-41-31-47(17-15-39(41)7-1)43-11-5-13-45(33-43)49-23-27-57-53(35-49)19-21-55-37-51(25-29-59(55)57)52-26-30-60-56(38-52)22-20-54-36-50(24-28-58(54)60)46-14-6-12-44(34-46)48-18-16-40-8-2-4-10-42(40)32-48/h1-38H. The Labute approximate surface area is 349 Å². The summed E-state index contributed by atoms with van der Waals surface area (Å²) in [6, 6.07) is 85.2. The zero-order valence-electron chi connectivity index (χ0n) is 32.9. The molecule has 0 radical (unpaired) electrons. The second-order valence-electron chi connectivity index (χ2n) is 16.2. The van der Waals surface area contributed by atoms with E-state index < -0.39 is 0 Å². The Hall–Kier alpha value is -7.80. The predicted octanol–water partition coefficient (Wildman–Crippen LogP) is 16.9. The van der Waals surface area contributed by atoms with Crippen molar-refractivity contribution in [2.24, 2.45) is 0 Å². The van der Waals surface area contributed by atoms with Crippen LogP contribution in [0, 0.1) is 0 Å². The largest absolute Gasteiger partial charge is 0.0616 e. The van der Waals surface area contributed by atoms with Crippen molar-refractivity contribution in [1.29, 1.82) is 0 Å². The molecule has 0 saturated heterocycles. The van der Waals surface area contributed by atoms with E-state index in [1.807, 2.05) is 0 Å². The van der Waals surface area contributed by atoms with E-state index in [0.717, 1.165) is 0 Å². The minimum absolute atomic E-state index is 1.23. The Morgan fingerprint density at radius 1 is 0.133 bits per heavy atom. The van der Waals surface area contributed by atoms with Gasteiger partial charge in [0, 0.05) is 0 Å². The average molecular weight is 759 g/mol. The normalized spacial score (nSPS) is 11.7. The first-order chi connectivity index (χ1) is 29.7. The smallest absolute Gasteiger partial charge is 0.0105 e. The fourth-order valence-electron chi connectivity index (χ4n) is 9.36. The van der Waals surface area contributed by atoms with Crippen LogP contribution in [-0.2, 0) is 0 Å². The van der Waals surface area contributed by atoms with Crippen LogP contribution in [0.4, 0.5) is 0 Å². The van der Waals surface area contributed by atoms with Gasteiger partial charge in [0.05, 0.1) is 0 Å². The molecule has 0 aliphatic carbocycles. The highest BCUT2D eigenvalue weighted by Crippen LogP contribution is 2.37. The van der Waals surface area contributed by atoms with Crippen LogP contribution in [0.25, 0.3) is 120 Å². The molecule has 0 aliphatic heterocycles. The molecule has 0 heteroatoms. The molecule has 12 aromatic rings. The van der Waals surface area contributed by atoms with Crippen LogP contribution in [0.3, 0.4) is 0 Å². The number of hydrogen-bond donors (Lipinski definition) is 0.